The molecule has 1 atom stereocenters. The van der Waals surface area contributed by atoms with Gasteiger partial charge < -0.3 is 10.3 Å². The lowest BCUT2D eigenvalue weighted by molar-refractivity contribution is 0.330. The molecule has 0 amide bonds. The minimum atomic E-state index is -0.319. The second-order valence-electron chi connectivity index (χ2n) is 5.79. The van der Waals surface area contributed by atoms with E-state index in [2.05, 4.69) is 37.8 Å². The Balaban J connectivity index is 2.13. The van der Waals surface area contributed by atoms with Crippen molar-refractivity contribution >= 4 is 17.4 Å². The molecule has 0 aliphatic carbocycles. The standard InChI is InChI=1S/C16H23N3OS/c1-5-11(2)21-10-14-18-15(20-19-14)16(3,4)12-6-8-13(17)9-7-12/h6-9,11H,5,10,17H2,1-4H3. The van der Waals surface area contributed by atoms with Crippen molar-refractivity contribution in [3.05, 3.63) is 41.5 Å². The largest absolute Gasteiger partial charge is 0.399 e. The highest BCUT2D eigenvalue weighted by Gasteiger charge is 2.29. The van der Waals surface area contributed by atoms with Crippen LogP contribution in [0.4, 0.5) is 5.69 Å². The number of anilines is 1. The molecule has 0 spiro atoms. The van der Waals surface area contributed by atoms with E-state index >= 15 is 0 Å². The average molecular weight is 305 g/mol. The predicted molar refractivity (Wildman–Crippen MR) is 88.3 cm³/mol. The second kappa shape index (κ2) is 6.52. The lowest BCUT2D eigenvalue weighted by Crippen LogP contribution is -2.19. The van der Waals surface area contributed by atoms with Gasteiger partial charge in [-0.15, -0.1) is 0 Å². The molecule has 0 saturated carbocycles. The maximum Gasteiger partial charge on any atom is 0.236 e. The molecule has 1 unspecified atom stereocenters. The van der Waals surface area contributed by atoms with Gasteiger partial charge in [-0.25, -0.2) is 0 Å². The molecule has 1 aromatic carbocycles. The molecule has 4 nitrogen and oxygen atoms in total. The van der Waals surface area contributed by atoms with Gasteiger partial charge in [-0.05, 0) is 38.0 Å². The summed E-state index contributed by atoms with van der Waals surface area (Å²) in [7, 11) is 0. The van der Waals surface area contributed by atoms with Crippen LogP contribution in [0.1, 0.15) is 51.4 Å². The van der Waals surface area contributed by atoms with Crippen LogP contribution >= 0.6 is 11.8 Å². The third-order valence-corrected chi connectivity index (χ3v) is 5.03. The number of thioether (sulfide) groups is 1. The van der Waals surface area contributed by atoms with E-state index < -0.39 is 0 Å². The first-order chi connectivity index (χ1) is 9.93. The zero-order chi connectivity index (χ0) is 15.5. The van der Waals surface area contributed by atoms with Crippen LogP contribution in [0.5, 0.6) is 0 Å². The molecule has 21 heavy (non-hydrogen) atoms. The van der Waals surface area contributed by atoms with Crippen LogP contribution in [0, 0.1) is 0 Å². The normalized spacial score (nSPS) is 13.3. The Labute approximate surface area is 130 Å². The SMILES string of the molecule is CCC(C)SCc1noc(C(C)(C)c2ccc(N)cc2)n1. The van der Waals surface area contributed by atoms with Crippen molar-refractivity contribution in [1.82, 2.24) is 10.1 Å². The zero-order valence-corrected chi connectivity index (χ0v) is 13.9. The van der Waals surface area contributed by atoms with Crippen LogP contribution in [0.2, 0.25) is 0 Å². The quantitative estimate of drug-likeness (QED) is 0.817. The Morgan fingerprint density at radius 2 is 1.95 bits per heavy atom. The first kappa shape index (κ1) is 15.9. The van der Waals surface area contributed by atoms with E-state index in [1.54, 1.807) is 0 Å². The summed E-state index contributed by atoms with van der Waals surface area (Å²) in [6, 6.07) is 7.81. The van der Waals surface area contributed by atoms with Gasteiger partial charge in [0, 0.05) is 10.9 Å². The number of benzene rings is 1. The van der Waals surface area contributed by atoms with Crippen molar-refractivity contribution in [2.45, 2.75) is 50.5 Å². The molecule has 0 aliphatic heterocycles. The number of nitrogens with two attached hydrogens (primary N) is 1. The number of rotatable bonds is 6. The van der Waals surface area contributed by atoms with Gasteiger partial charge in [-0.3, -0.25) is 0 Å². The first-order valence-electron chi connectivity index (χ1n) is 7.24. The molecule has 2 rings (SSSR count). The van der Waals surface area contributed by atoms with Crippen molar-refractivity contribution in [2.24, 2.45) is 0 Å². The Hall–Kier alpha value is -1.49. The van der Waals surface area contributed by atoms with Gasteiger partial charge in [-0.1, -0.05) is 31.1 Å². The van der Waals surface area contributed by atoms with E-state index in [4.69, 9.17) is 10.3 Å². The van der Waals surface area contributed by atoms with Crippen molar-refractivity contribution in [2.75, 3.05) is 5.73 Å². The molecule has 0 aliphatic rings. The summed E-state index contributed by atoms with van der Waals surface area (Å²) in [5.74, 6) is 2.20. The van der Waals surface area contributed by atoms with Crippen LogP contribution in [0.25, 0.3) is 0 Å². The third-order valence-electron chi connectivity index (χ3n) is 3.71. The fourth-order valence-corrected chi connectivity index (χ4v) is 2.71. The molecular weight excluding hydrogens is 282 g/mol. The number of hydrogen-bond acceptors (Lipinski definition) is 5. The molecule has 0 bridgehead atoms. The van der Waals surface area contributed by atoms with Crippen LogP contribution in [-0.4, -0.2) is 15.4 Å². The number of hydrogen-bond donors (Lipinski definition) is 1. The Kier molecular flexibility index (Phi) is 4.93. The molecule has 1 aromatic heterocycles. The molecule has 2 aromatic rings. The fraction of sp³-hybridized carbons (Fsp3) is 0.500. The predicted octanol–water partition coefficient (Wildman–Crippen LogP) is 4.01. The Morgan fingerprint density at radius 3 is 2.57 bits per heavy atom. The van der Waals surface area contributed by atoms with E-state index in [-0.39, 0.29) is 5.41 Å². The Bertz CT molecular complexity index is 577. The minimum absolute atomic E-state index is 0.319. The monoisotopic (exact) mass is 305 g/mol. The fourth-order valence-electron chi connectivity index (χ4n) is 1.92. The summed E-state index contributed by atoms with van der Waals surface area (Å²) < 4.78 is 5.47. The lowest BCUT2D eigenvalue weighted by Gasteiger charge is -2.20. The van der Waals surface area contributed by atoms with Gasteiger partial charge in [0.25, 0.3) is 0 Å². The lowest BCUT2D eigenvalue weighted by atomic mass is 9.84. The summed E-state index contributed by atoms with van der Waals surface area (Å²) >= 11 is 1.85. The highest BCUT2D eigenvalue weighted by atomic mass is 32.2. The number of nitrogen functional groups attached to an aromatic ring is 1. The van der Waals surface area contributed by atoms with Gasteiger partial charge in [0.05, 0.1) is 11.2 Å². The zero-order valence-electron chi connectivity index (χ0n) is 13.1. The van der Waals surface area contributed by atoms with E-state index in [9.17, 15) is 0 Å². The van der Waals surface area contributed by atoms with Crippen LogP contribution in [0.3, 0.4) is 0 Å². The average Bonchev–Trinajstić information content (AvgIpc) is 2.95. The minimum Gasteiger partial charge on any atom is -0.399 e. The summed E-state index contributed by atoms with van der Waals surface area (Å²) in [6.07, 6.45) is 1.15. The topological polar surface area (TPSA) is 64.9 Å². The van der Waals surface area contributed by atoms with E-state index in [0.717, 1.165) is 29.2 Å². The molecule has 0 saturated heterocycles. The molecule has 0 radical (unpaired) electrons. The van der Waals surface area contributed by atoms with Gasteiger partial charge in [0.2, 0.25) is 5.89 Å². The Morgan fingerprint density at radius 1 is 1.29 bits per heavy atom. The van der Waals surface area contributed by atoms with Crippen LogP contribution in [0.15, 0.2) is 28.8 Å². The second-order valence-corrected chi connectivity index (χ2v) is 7.22. The molecule has 114 valence electrons. The van der Waals surface area contributed by atoms with Crippen LogP contribution < -0.4 is 5.73 Å². The van der Waals surface area contributed by atoms with Crippen molar-refractivity contribution in [1.29, 1.82) is 0 Å². The number of aromatic nitrogens is 2. The van der Waals surface area contributed by atoms with E-state index in [1.807, 2.05) is 36.0 Å². The molecule has 2 N–H and O–H groups in total. The molecule has 5 heteroatoms. The highest BCUT2D eigenvalue weighted by molar-refractivity contribution is 7.99. The van der Waals surface area contributed by atoms with Gasteiger partial charge in [0.1, 0.15) is 0 Å². The number of nitrogens with zero attached hydrogens (tertiary/aromatic N) is 2. The smallest absolute Gasteiger partial charge is 0.236 e. The summed E-state index contributed by atoms with van der Waals surface area (Å²) in [5, 5.41) is 4.71. The summed E-state index contributed by atoms with van der Waals surface area (Å²) in [5.41, 5.74) is 7.29. The first-order valence-corrected chi connectivity index (χ1v) is 8.29. The van der Waals surface area contributed by atoms with Gasteiger partial charge >= 0.3 is 0 Å². The van der Waals surface area contributed by atoms with Gasteiger partial charge in [-0.2, -0.15) is 16.7 Å². The summed E-state index contributed by atoms with van der Waals surface area (Å²) in [6.45, 7) is 8.56. The maximum absolute atomic E-state index is 5.74. The molecule has 0 fully saturated rings. The third kappa shape index (κ3) is 3.79. The van der Waals surface area contributed by atoms with E-state index in [1.165, 1.54) is 0 Å². The summed E-state index contributed by atoms with van der Waals surface area (Å²) in [4.78, 5) is 4.56. The van der Waals surface area contributed by atoms with Crippen molar-refractivity contribution in [3.8, 4) is 0 Å². The highest BCUT2D eigenvalue weighted by Crippen LogP contribution is 2.31. The van der Waals surface area contributed by atoms with E-state index in [0.29, 0.717) is 11.1 Å². The van der Waals surface area contributed by atoms with Crippen molar-refractivity contribution < 1.29 is 4.52 Å². The molecule has 1 heterocycles. The van der Waals surface area contributed by atoms with Gasteiger partial charge in [0.15, 0.2) is 5.82 Å². The maximum atomic E-state index is 5.74. The molecular formula is C16H23N3OS. The van der Waals surface area contributed by atoms with Crippen molar-refractivity contribution in [3.63, 3.8) is 0 Å². The van der Waals surface area contributed by atoms with Crippen LogP contribution in [-0.2, 0) is 11.2 Å².